The number of benzene rings is 1. The lowest BCUT2D eigenvalue weighted by atomic mass is 9.89. The summed E-state index contributed by atoms with van der Waals surface area (Å²) in [5.74, 6) is 0. The average Bonchev–Trinajstić information content (AvgIpc) is 2.24. The summed E-state index contributed by atoms with van der Waals surface area (Å²) < 4.78 is 0. The molecule has 1 aliphatic carbocycles. The Morgan fingerprint density at radius 2 is 2.00 bits per heavy atom. The van der Waals surface area contributed by atoms with E-state index >= 15 is 0 Å². The highest BCUT2D eigenvalue weighted by Crippen LogP contribution is 2.24. The number of anilines is 1. The summed E-state index contributed by atoms with van der Waals surface area (Å²) in [5, 5.41) is 12.7. The second-order valence-electron chi connectivity index (χ2n) is 3.95. The maximum Gasteiger partial charge on any atom is 0.0741 e. The number of hydrogen-bond donors (Lipinski definition) is 2. The van der Waals surface area contributed by atoms with Crippen molar-refractivity contribution in [2.24, 2.45) is 0 Å². The predicted octanol–water partition coefficient (Wildman–Crippen LogP) is 2.18. The van der Waals surface area contributed by atoms with E-state index in [0.29, 0.717) is 0 Å². The average molecular weight is 191 g/mol. The highest BCUT2D eigenvalue weighted by molar-refractivity contribution is 5.46. The Kier molecular flexibility index (Phi) is 2.73. The number of aryl methyl sites for hydroxylation is 1. The second kappa shape index (κ2) is 4.01. The standard InChI is InChI=1S/C12H17NO/c1-2-9-3-5-10(6-4-9)13-11-7-8-12(11)14/h3-6,11-14H,2,7-8H2,1H3/t11-,12-/m1/s1. The van der Waals surface area contributed by atoms with Crippen LogP contribution in [0.25, 0.3) is 0 Å². The molecule has 0 spiro atoms. The van der Waals surface area contributed by atoms with Gasteiger partial charge in [-0.15, -0.1) is 0 Å². The first-order chi connectivity index (χ1) is 6.79. The zero-order valence-electron chi connectivity index (χ0n) is 8.53. The number of hydrogen-bond acceptors (Lipinski definition) is 2. The molecule has 14 heavy (non-hydrogen) atoms. The molecule has 1 fully saturated rings. The second-order valence-corrected chi connectivity index (χ2v) is 3.95. The lowest BCUT2D eigenvalue weighted by Gasteiger charge is -2.33. The largest absolute Gasteiger partial charge is 0.391 e. The van der Waals surface area contributed by atoms with Gasteiger partial charge >= 0.3 is 0 Å². The highest BCUT2D eigenvalue weighted by Gasteiger charge is 2.28. The first-order valence-corrected chi connectivity index (χ1v) is 5.33. The van der Waals surface area contributed by atoms with Crippen LogP contribution in [0.2, 0.25) is 0 Å². The lowest BCUT2D eigenvalue weighted by Crippen LogP contribution is -2.42. The minimum Gasteiger partial charge on any atom is -0.391 e. The van der Waals surface area contributed by atoms with Gasteiger partial charge in [-0.05, 0) is 37.0 Å². The molecule has 0 unspecified atom stereocenters. The Morgan fingerprint density at radius 1 is 1.29 bits per heavy atom. The third-order valence-corrected chi connectivity index (χ3v) is 2.95. The van der Waals surface area contributed by atoms with Crippen LogP contribution in [-0.4, -0.2) is 17.3 Å². The fourth-order valence-electron chi connectivity index (χ4n) is 1.70. The van der Waals surface area contributed by atoms with Crippen molar-refractivity contribution in [3.05, 3.63) is 29.8 Å². The SMILES string of the molecule is CCc1ccc(N[C@@H]2CC[C@H]2O)cc1. The van der Waals surface area contributed by atoms with Crippen LogP contribution in [0.15, 0.2) is 24.3 Å². The molecule has 0 heterocycles. The minimum absolute atomic E-state index is 0.152. The van der Waals surface area contributed by atoms with Gasteiger partial charge in [0.15, 0.2) is 0 Å². The summed E-state index contributed by atoms with van der Waals surface area (Å²) in [4.78, 5) is 0. The Hall–Kier alpha value is -1.02. The Morgan fingerprint density at radius 3 is 2.43 bits per heavy atom. The molecule has 2 atom stereocenters. The van der Waals surface area contributed by atoms with Crippen molar-refractivity contribution < 1.29 is 5.11 Å². The Bertz CT molecular complexity index is 294. The predicted molar refractivity (Wildman–Crippen MR) is 58.5 cm³/mol. The van der Waals surface area contributed by atoms with Crippen molar-refractivity contribution in [1.29, 1.82) is 0 Å². The van der Waals surface area contributed by atoms with Crippen LogP contribution in [0, 0.1) is 0 Å². The van der Waals surface area contributed by atoms with E-state index in [2.05, 4.69) is 36.5 Å². The van der Waals surface area contributed by atoms with E-state index < -0.39 is 0 Å². The van der Waals surface area contributed by atoms with Crippen LogP contribution >= 0.6 is 0 Å². The summed E-state index contributed by atoms with van der Waals surface area (Å²) in [6.07, 6.45) is 2.94. The van der Waals surface area contributed by atoms with Crippen molar-refractivity contribution >= 4 is 5.69 Å². The van der Waals surface area contributed by atoms with Crippen LogP contribution in [0.4, 0.5) is 5.69 Å². The summed E-state index contributed by atoms with van der Waals surface area (Å²) in [6.45, 7) is 2.15. The van der Waals surface area contributed by atoms with E-state index in [4.69, 9.17) is 0 Å². The first kappa shape index (κ1) is 9.53. The number of rotatable bonds is 3. The number of aliphatic hydroxyl groups excluding tert-OH is 1. The minimum atomic E-state index is -0.152. The molecular formula is C12H17NO. The fraction of sp³-hybridized carbons (Fsp3) is 0.500. The molecule has 0 amide bonds. The van der Waals surface area contributed by atoms with Gasteiger partial charge in [0, 0.05) is 5.69 Å². The molecule has 2 rings (SSSR count). The monoisotopic (exact) mass is 191 g/mol. The molecule has 1 aliphatic rings. The molecule has 1 aromatic rings. The smallest absolute Gasteiger partial charge is 0.0741 e. The molecule has 0 aromatic heterocycles. The molecule has 0 radical (unpaired) electrons. The van der Waals surface area contributed by atoms with Crippen molar-refractivity contribution in [3.8, 4) is 0 Å². The zero-order chi connectivity index (χ0) is 9.97. The van der Waals surface area contributed by atoms with Gasteiger partial charge in [-0.25, -0.2) is 0 Å². The van der Waals surface area contributed by atoms with Crippen molar-refractivity contribution in [1.82, 2.24) is 0 Å². The summed E-state index contributed by atoms with van der Waals surface area (Å²) >= 11 is 0. The van der Waals surface area contributed by atoms with E-state index in [-0.39, 0.29) is 12.1 Å². The van der Waals surface area contributed by atoms with Gasteiger partial charge in [-0.1, -0.05) is 19.1 Å². The maximum absolute atomic E-state index is 9.41. The fourth-order valence-corrected chi connectivity index (χ4v) is 1.70. The Balaban J connectivity index is 1.96. The normalized spacial score (nSPS) is 25.6. The van der Waals surface area contributed by atoms with E-state index in [0.717, 1.165) is 24.9 Å². The van der Waals surface area contributed by atoms with Crippen LogP contribution in [0.1, 0.15) is 25.3 Å². The summed E-state index contributed by atoms with van der Waals surface area (Å²) in [6, 6.07) is 8.71. The third-order valence-electron chi connectivity index (χ3n) is 2.95. The molecule has 76 valence electrons. The molecule has 0 bridgehead atoms. The van der Waals surface area contributed by atoms with Gasteiger partial charge in [0.25, 0.3) is 0 Å². The van der Waals surface area contributed by atoms with Crippen LogP contribution in [0.3, 0.4) is 0 Å². The molecule has 2 heteroatoms. The third kappa shape index (κ3) is 1.90. The summed E-state index contributed by atoms with van der Waals surface area (Å²) in [7, 11) is 0. The highest BCUT2D eigenvalue weighted by atomic mass is 16.3. The van der Waals surface area contributed by atoms with Gasteiger partial charge in [-0.2, -0.15) is 0 Å². The van der Waals surface area contributed by atoms with Crippen molar-refractivity contribution in [2.75, 3.05) is 5.32 Å². The molecule has 0 saturated heterocycles. The zero-order valence-corrected chi connectivity index (χ0v) is 8.53. The van der Waals surface area contributed by atoms with Crippen LogP contribution in [-0.2, 0) is 6.42 Å². The van der Waals surface area contributed by atoms with E-state index in [9.17, 15) is 5.11 Å². The first-order valence-electron chi connectivity index (χ1n) is 5.33. The van der Waals surface area contributed by atoms with E-state index in [1.54, 1.807) is 0 Å². The van der Waals surface area contributed by atoms with Gasteiger partial charge in [0.1, 0.15) is 0 Å². The molecule has 0 aliphatic heterocycles. The Labute approximate surface area is 85.0 Å². The van der Waals surface area contributed by atoms with Crippen LogP contribution in [0.5, 0.6) is 0 Å². The van der Waals surface area contributed by atoms with Gasteiger partial charge in [-0.3, -0.25) is 0 Å². The molecule has 1 aromatic carbocycles. The topological polar surface area (TPSA) is 32.3 Å². The summed E-state index contributed by atoms with van der Waals surface area (Å²) in [5.41, 5.74) is 2.47. The lowest BCUT2D eigenvalue weighted by molar-refractivity contribution is 0.0786. The molecule has 2 N–H and O–H groups in total. The van der Waals surface area contributed by atoms with Gasteiger partial charge in [0.2, 0.25) is 0 Å². The molecule has 2 nitrogen and oxygen atoms in total. The molecular weight excluding hydrogens is 174 g/mol. The number of nitrogens with one attached hydrogen (secondary N) is 1. The number of aliphatic hydroxyl groups is 1. The maximum atomic E-state index is 9.41. The van der Waals surface area contributed by atoms with Gasteiger partial charge < -0.3 is 10.4 Å². The van der Waals surface area contributed by atoms with Crippen molar-refractivity contribution in [3.63, 3.8) is 0 Å². The molecule has 1 saturated carbocycles. The van der Waals surface area contributed by atoms with Crippen LogP contribution < -0.4 is 5.32 Å². The van der Waals surface area contributed by atoms with Crippen molar-refractivity contribution in [2.45, 2.75) is 38.3 Å². The quantitative estimate of drug-likeness (QED) is 0.767. The van der Waals surface area contributed by atoms with Gasteiger partial charge in [0.05, 0.1) is 12.1 Å². The van der Waals surface area contributed by atoms with E-state index in [1.165, 1.54) is 5.56 Å². The van der Waals surface area contributed by atoms with E-state index in [1.807, 2.05) is 0 Å².